The molecule has 1 fully saturated rings. The van der Waals surface area contributed by atoms with Crippen molar-refractivity contribution in [3.63, 3.8) is 0 Å². The van der Waals surface area contributed by atoms with E-state index in [1.165, 1.54) is 25.0 Å². The summed E-state index contributed by atoms with van der Waals surface area (Å²) in [5.41, 5.74) is 3.02. The second-order valence-corrected chi connectivity index (χ2v) is 9.79. The monoisotopic (exact) mass is 507 g/mol. The van der Waals surface area contributed by atoms with Crippen molar-refractivity contribution in [3.8, 4) is 23.0 Å². The molecule has 2 aliphatic rings. The van der Waals surface area contributed by atoms with Gasteiger partial charge in [0.25, 0.3) is 0 Å². The topological polar surface area (TPSA) is 62.2 Å². The summed E-state index contributed by atoms with van der Waals surface area (Å²) in [6, 6.07) is 14.6. The van der Waals surface area contributed by atoms with Crippen LogP contribution in [0.2, 0.25) is 0 Å². The molecule has 2 heterocycles. The summed E-state index contributed by atoms with van der Waals surface area (Å²) in [5, 5.41) is 20.0. The highest BCUT2D eigenvalue weighted by atomic mass is 19.2. The van der Waals surface area contributed by atoms with Crippen molar-refractivity contribution in [2.75, 3.05) is 26.2 Å². The molecule has 1 unspecified atom stereocenters. The SMILES string of the molecule is CC[C@@H]1CCN(CCOc2ccc(C3Oc4ccc(O)cc4C(C)=C3c3cc(O)c(F)c(F)c3)cc2)C1. The van der Waals surface area contributed by atoms with Gasteiger partial charge in [0, 0.05) is 24.2 Å². The fraction of sp³-hybridized carbons (Fsp3) is 0.333. The Morgan fingerprint density at radius 3 is 2.54 bits per heavy atom. The number of rotatable bonds is 7. The first-order valence-electron chi connectivity index (χ1n) is 12.7. The molecule has 194 valence electrons. The highest BCUT2D eigenvalue weighted by Crippen LogP contribution is 2.48. The van der Waals surface area contributed by atoms with Gasteiger partial charge in [0.05, 0.1) is 0 Å². The Bertz CT molecular complexity index is 1300. The summed E-state index contributed by atoms with van der Waals surface area (Å²) in [6.07, 6.45) is 1.82. The highest BCUT2D eigenvalue weighted by molar-refractivity contribution is 5.96. The molecule has 0 bridgehead atoms. The Morgan fingerprint density at radius 1 is 1.05 bits per heavy atom. The number of allylic oxidation sites excluding steroid dienone is 1. The van der Waals surface area contributed by atoms with E-state index in [1.54, 1.807) is 12.1 Å². The minimum absolute atomic E-state index is 0.0632. The first-order chi connectivity index (χ1) is 17.8. The number of phenols is 2. The summed E-state index contributed by atoms with van der Waals surface area (Å²) in [6.45, 7) is 7.81. The number of fused-ring (bicyclic) bond motifs is 1. The van der Waals surface area contributed by atoms with Crippen LogP contribution >= 0.6 is 0 Å². The molecule has 5 rings (SSSR count). The number of nitrogens with zero attached hydrogens (tertiary/aromatic N) is 1. The number of halogens is 2. The third-order valence-electron chi connectivity index (χ3n) is 7.40. The van der Waals surface area contributed by atoms with Crippen LogP contribution in [0.4, 0.5) is 8.78 Å². The number of benzene rings is 3. The number of aromatic hydroxyl groups is 2. The van der Waals surface area contributed by atoms with Crippen molar-refractivity contribution in [2.45, 2.75) is 32.8 Å². The van der Waals surface area contributed by atoms with E-state index in [-0.39, 0.29) is 5.75 Å². The largest absolute Gasteiger partial charge is 0.508 e. The molecule has 2 N–H and O–H groups in total. The first-order valence-corrected chi connectivity index (χ1v) is 12.7. The maximum Gasteiger partial charge on any atom is 0.200 e. The standard InChI is InChI=1S/C30H31F2NO4/c1-3-19-10-11-33(17-19)12-13-36-23-7-4-20(5-8-23)30-28(21-14-25(31)29(32)26(35)15-21)18(2)24-16-22(34)6-9-27(24)37-30/h4-9,14-16,19,30,34-35H,3,10-13,17H2,1-2H3/t19-,30?/m1/s1. The molecule has 0 saturated carbocycles. The number of ether oxygens (including phenoxy) is 2. The number of hydrogen-bond donors (Lipinski definition) is 2. The molecule has 3 aromatic carbocycles. The van der Waals surface area contributed by atoms with Crippen molar-refractivity contribution in [2.24, 2.45) is 5.92 Å². The van der Waals surface area contributed by atoms with Crippen molar-refractivity contribution >= 4 is 11.1 Å². The van der Waals surface area contributed by atoms with Crippen LogP contribution in [0.25, 0.3) is 11.1 Å². The lowest BCUT2D eigenvalue weighted by molar-refractivity contribution is 0.232. The quantitative estimate of drug-likeness (QED) is 0.380. The van der Waals surface area contributed by atoms with Crippen molar-refractivity contribution in [1.29, 1.82) is 0 Å². The average Bonchev–Trinajstić information content (AvgIpc) is 3.36. The predicted octanol–water partition coefficient (Wildman–Crippen LogP) is 6.55. The number of likely N-dealkylation sites (tertiary alicyclic amines) is 1. The van der Waals surface area contributed by atoms with E-state index < -0.39 is 23.5 Å². The average molecular weight is 508 g/mol. The molecule has 0 radical (unpaired) electrons. The zero-order chi connectivity index (χ0) is 26.1. The Morgan fingerprint density at radius 2 is 1.84 bits per heavy atom. The van der Waals surface area contributed by atoms with Crippen molar-refractivity contribution in [3.05, 3.63) is 82.9 Å². The van der Waals surface area contributed by atoms with Crippen LogP contribution in [-0.4, -0.2) is 41.4 Å². The third-order valence-corrected chi connectivity index (χ3v) is 7.40. The summed E-state index contributed by atoms with van der Waals surface area (Å²) in [4.78, 5) is 2.44. The van der Waals surface area contributed by atoms with E-state index in [9.17, 15) is 19.0 Å². The maximum absolute atomic E-state index is 14.3. The predicted molar refractivity (Wildman–Crippen MR) is 139 cm³/mol. The van der Waals surface area contributed by atoms with Gasteiger partial charge in [-0.05, 0) is 85.0 Å². The number of phenolic OH excluding ortho intramolecular Hbond substituents is 2. The van der Waals surface area contributed by atoms with Gasteiger partial charge in [-0.25, -0.2) is 4.39 Å². The lowest BCUT2D eigenvalue weighted by atomic mass is 9.86. The third kappa shape index (κ3) is 5.14. The molecule has 7 heteroatoms. The van der Waals surface area contributed by atoms with E-state index in [0.29, 0.717) is 29.1 Å². The Labute approximate surface area is 215 Å². The molecule has 0 aliphatic carbocycles. The first kappa shape index (κ1) is 25.1. The highest BCUT2D eigenvalue weighted by Gasteiger charge is 2.31. The molecule has 1 saturated heterocycles. The van der Waals surface area contributed by atoms with Crippen LogP contribution in [-0.2, 0) is 0 Å². The molecule has 2 aliphatic heterocycles. The minimum atomic E-state index is -1.30. The van der Waals surface area contributed by atoms with Crippen molar-refractivity contribution in [1.82, 2.24) is 4.90 Å². The van der Waals surface area contributed by atoms with Crippen molar-refractivity contribution < 1.29 is 28.5 Å². The van der Waals surface area contributed by atoms with Gasteiger partial charge in [-0.15, -0.1) is 0 Å². The van der Waals surface area contributed by atoms with Gasteiger partial charge in [-0.1, -0.05) is 25.5 Å². The van der Waals surface area contributed by atoms with Gasteiger partial charge in [0.2, 0.25) is 0 Å². The lowest BCUT2D eigenvalue weighted by Crippen LogP contribution is -2.26. The van der Waals surface area contributed by atoms with Gasteiger partial charge in [0.1, 0.15) is 30.0 Å². The Hall–Kier alpha value is -3.58. The van der Waals surface area contributed by atoms with Crippen LogP contribution in [0.15, 0.2) is 54.6 Å². The van der Waals surface area contributed by atoms with E-state index in [4.69, 9.17) is 9.47 Å². The van der Waals surface area contributed by atoms with Crippen LogP contribution in [0, 0.1) is 17.6 Å². The Kier molecular flexibility index (Phi) is 7.07. The van der Waals surface area contributed by atoms with Gasteiger partial charge < -0.3 is 19.7 Å². The molecule has 0 spiro atoms. The Balaban J connectivity index is 1.41. The van der Waals surface area contributed by atoms with Crippen LogP contribution in [0.1, 0.15) is 49.5 Å². The lowest BCUT2D eigenvalue weighted by Gasteiger charge is -2.31. The summed E-state index contributed by atoms with van der Waals surface area (Å²) in [5.74, 6) is -1.07. The van der Waals surface area contributed by atoms with Gasteiger partial charge in [-0.2, -0.15) is 4.39 Å². The molecule has 0 amide bonds. The van der Waals surface area contributed by atoms with E-state index in [2.05, 4.69) is 11.8 Å². The zero-order valence-corrected chi connectivity index (χ0v) is 21.0. The second kappa shape index (κ2) is 10.4. The molecule has 37 heavy (non-hydrogen) atoms. The second-order valence-electron chi connectivity index (χ2n) is 9.79. The fourth-order valence-electron chi connectivity index (χ4n) is 5.25. The molecule has 0 aromatic heterocycles. The van der Waals surface area contributed by atoms with Crippen LogP contribution in [0.5, 0.6) is 23.0 Å². The van der Waals surface area contributed by atoms with Crippen LogP contribution < -0.4 is 9.47 Å². The smallest absolute Gasteiger partial charge is 0.200 e. The summed E-state index contributed by atoms with van der Waals surface area (Å²) >= 11 is 0. The van der Waals surface area contributed by atoms with Gasteiger partial charge in [-0.3, -0.25) is 4.90 Å². The maximum atomic E-state index is 14.3. The van der Waals surface area contributed by atoms with Gasteiger partial charge in [0.15, 0.2) is 17.4 Å². The molecule has 3 aromatic rings. The van der Waals surface area contributed by atoms with E-state index >= 15 is 0 Å². The van der Waals surface area contributed by atoms with Crippen LogP contribution in [0.3, 0.4) is 0 Å². The number of hydrogen-bond acceptors (Lipinski definition) is 5. The summed E-state index contributed by atoms with van der Waals surface area (Å²) in [7, 11) is 0. The zero-order valence-electron chi connectivity index (χ0n) is 21.0. The van der Waals surface area contributed by atoms with Gasteiger partial charge >= 0.3 is 0 Å². The van der Waals surface area contributed by atoms with E-state index in [1.807, 2.05) is 31.2 Å². The molecule has 5 nitrogen and oxygen atoms in total. The summed E-state index contributed by atoms with van der Waals surface area (Å²) < 4.78 is 40.4. The fourth-order valence-corrected chi connectivity index (χ4v) is 5.25. The molecular weight excluding hydrogens is 476 g/mol. The minimum Gasteiger partial charge on any atom is -0.508 e. The molecule has 2 atom stereocenters. The normalized spacial score (nSPS) is 19.6. The molecular formula is C30H31F2NO4. The van der Waals surface area contributed by atoms with E-state index in [0.717, 1.165) is 48.5 Å².